The van der Waals surface area contributed by atoms with Gasteiger partial charge in [-0.15, -0.1) is 0 Å². The number of fused-ring (bicyclic) bond motifs is 1. The van der Waals surface area contributed by atoms with E-state index in [1.807, 2.05) is 0 Å². The first-order chi connectivity index (χ1) is 8.11. The summed E-state index contributed by atoms with van der Waals surface area (Å²) in [6.45, 7) is 0. The second-order valence-corrected chi connectivity index (χ2v) is 3.93. The second-order valence-electron chi connectivity index (χ2n) is 3.14. The van der Waals surface area contributed by atoms with Crippen molar-refractivity contribution in [3.8, 4) is 5.88 Å². The fourth-order valence-electron chi connectivity index (χ4n) is 1.33. The second kappa shape index (κ2) is 4.54. The highest BCUT2D eigenvalue weighted by Crippen LogP contribution is 2.29. The Kier molecular flexibility index (Phi) is 3.10. The number of halogens is 1. The number of nitrogens with zero attached hydrogens (tertiary/aromatic N) is 2. The van der Waals surface area contributed by atoms with Gasteiger partial charge in [-0.05, 0) is 22.0 Å². The molecule has 0 aliphatic rings. The number of nitrogens with one attached hydrogen (secondary N) is 1. The molecule has 0 aliphatic carbocycles. The van der Waals surface area contributed by atoms with Crippen LogP contribution in [0.2, 0.25) is 0 Å². The Morgan fingerprint density at radius 3 is 2.94 bits per heavy atom. The Morgan fingerprint density at radius 1 is 1.53 bits per heavy atom. The van der Waals surface area contributed by atoms with Crippen molar-refractivity contribution in [2.24, 2.45) is 0 Å². The van der Waals surface area contributed by atoms with E-state index >= 15 is 0 Å². The van der Waals surface area contributed by atoms with E-state index in [0.717, 1.165) is 0 Å². The van der Waals surface area contributed by atoms with Gasteiger partial charge in [0.2, 0.25) is 5.88 Å². The molecule has 17 heavy (non-hydrogen) atoms. The van der Waals surface area contributed by atoms with Gasteiger partial charge >= 0.3 is 6.09 Å². The van der Waals surface area contributed by atoms with E-state index in [2.05, 4.69) is 31.2 Å². The van der Waals surface area contributed by atoms with Crippen LogP contribution in [0.25, 0.3) is 11.0 Å². The van der Waals surface area contributed by atoms with Gasteiger partial charge in [0.05, 0.1) is 29.0 Å². The molecule has 2 rings (SSSR count). The summed E-state index contributed by atoms with van der Waals surface area (Å²) < 4.78 is 5.53. The zero-order chi connectivity index (χ0) is 12.4. The number of anilines is 1. The summed E-state index contributed by atoms with van der Waals surface area (Å²) in [5, 5.41) is 10.9. The predicted octanol–water partition coefficient (Wildman–Crippen LogP) is 2.49. The number of ether oxygens (including phenoxy) is 1. The first kappa shape index (κ1) is 11.6. The minimum atomic E-state index is -1.16. The lowest BCUT2D eigenvalue weighted by Crippen LogP contribution is -2.08. The highest BCUT2D eigenvalue weighted by atomic mass is 79.9. The predicted molar refractivity (Wildman–Crippen MR) is 65.4 cm³/mol. The maximum atomic E-state index is 10.6. The van der Waals surface area contributed by atoms with Crippen LogP contribution >= 0.6 is 15.9 Å². The summed E-state index contributed by atoms with van der Waals surface area (Å²) in [5.41, 5.74) is 1.52. The highest BCUT2D eigenvalue weighted by Gasteiger charge is 2.10. The molecule has 0 bridgehead atoms. The van der Waals surface area contributed by atoms with Crippen LogP contribution < -0.4 is 10.1 Å². The molecule has 0 aromatic carbocycles. The summed E-state index contributed by atoms with van der Waals surface area (Å²) in [5.74, 6) is 0.437. The van der Waals surface area contributed by atoms with Crippen LogP contribution in [-0.2, 0) is 0 Å². The standard InChI is InChI=1S/C10H8BrN3O3/c1-17-7-3-2-5-9(14-7)8(11)6(4-12-5)13-10(15)16/h2-4,13H,1H3,(H,15,16). The maximum absolute atomic E-state index is 10.6. The lowest BCUT2D eigenvalue weighted by Gasteiger charge is -2.07. The fourth-order valence-corrected chi connectivity index (χ4v) is 1.83. The summed E-state index contributed by atoms with van der Waals surface area (Å²) in [6, 6.07) is 3.43. The average molecular weight is 298 g/mol. The number of carbonyl (C=O) groups is 1. The minimum absolute atomic E-state index is 0.339. The number of amides is 1. The molecule has 0 atom stereocenters. The van der Waals surface area contributed by atoms with Crippen molar-refractivity contribution in [2.75, 3.05) is 12.4 Å². The molecule has 7 heteroatoms. The molecule has 0 aliphatic heterocycles. The first-order valence-electron chi connectivity index (χ1n) is 4.61. The van der Waals surface area contributed by atoms with E-state index < -0.39 is 6.09 Å². The number of methoxy groups -OCH3 is 1. The topological polar surface area (TPSA) is 84.3 Å². The maximum Gasteiger partial charge on any atom is 0.409 e. The normalized spacial score (nSPS) is 10.2. The van der Waals surface area contributed by atoms with Crippen LogP contribution in [0.4, 0.5) is 10.5 Å². The molecular formula is C10H8BrN3O3. The number of carboxylic acid groups (broad SMARTS) is 1. The number of pyridine rings is 2. The van der Waals surface area contributed by atoms with Crippen molar-refractivity contribution in [2.45, 2.75) is 0 Å². The van der Waals surface area contributed by atoms with Gasteiger partial charge in [-0.1, -0.05) is 0 Å². The van der Waals surface area contributed by atoms with E-state index in [1.165, 1.54) is 13.3 Å². The van der Waals surface area contributed by atoms with Crippen LogP contribution in [0.3, 0.4) is 0 Å². The molecular weight excluding hydrogens is 290 g/mol. The van der Waals surface area contributed by atoms with E-state index in [-0.39, 0.29) is 0 Å². The zero-order valence-corrected chi connectivity index (χ0v) is 10.4. The van der Waals surface area contributed by atoms with Gasteiger partial charge in [-0.3, -0.25) is 10.3 Å². The third-order valence-electron chi connectivity index (χ3n) is 2.08. The van der Waals surface area contributed by atoms with E-state index in [4.69, 9.17) is 9.84 Å². The SMILES string of the molecule is COc1ccc2ncc(NC(=O)O)c(Br)c2n1. The molecule has 2 heterocycles. The highest BCUT2D eigenvalue weighted by molar-refractivity contribution is 9.10. The summed E-state index contributed by atoms with van der Waals surface area (Å²) in [6.07, 6.45) is 0.268. The smallest absolute Gasteiger partial charge is 0.409 e. The fraction of sp³-hybridized carbons (Fsp3) is 0.100. The monoisotopic (exact) mass is 297 g/mol. The van der Waals surface area contributed by atoms with Crippen molar-refractivity contribution >= 4 is 38.7 Å². The largest absolute Gasteiger partial charge is 0.481 e. The summed E-state index contributed by atoms with van der Waals surface area (Å²) in [4.78, 5) is 18.9. The van der Waals surface area contributed by atoms with Gasteiger partial charge < -0.3 is 9.84 Å². The van der Waals surface area contributed by atoms with Gasteiger partial charge in [0.25, 0.3) is 0 Å². The molecule has 88 valence electrons. The van der Waals surface area contributed by atoms with Crippen molar-refractivity contribution in [3.63, 3.8) is 0 Å². The number of hydrogen-bond donors (Lipinski definition) is 2. The van der Waals surface area contributed by atoms with Crippen LogP contribution in [0.5, 0.6) is 5.88 Å². The van der Waals surface area contributed by atoms with Crippen molar-refractivity contribution < 1.29 is 14.6 Å². The van der Waals surface area contributed by atoms with Crippen molar-refractivity contribution in [3.05, 3.63) is 22.8 Å². The Labute approximate surface area is 105 Å². The lowest BCUT2D eigenvalue weighted by molar-refractivity contribution is 0.209. The molecule has 0 spiro atoms. The molecule has 0 fully saturated rings. The van der Waals surface area contributed by atoms with E-state index in [9.17, 15) is 4.79 Å². The first-order valence-corrected chi connectivity index (χ1v) is 5.40. The molecule has 0 unspecified atom stereocenters. The summed E-state index contributed by atoms with van der Waals surface area (Å²) >= 11 is 3.29. The zero-order valence-electron chi connectivity index (χ0n) is 8.77. The third-order valence-corrected chi connectivity index (χ3v) is 2.88. The van der Waals surface area contributed by atoms with Crippen LogP contribution in [-0.4, -0.2) is 28.3 Å². The van der Waals surface area contributed by atoms with Crippen LogP contribution in [0.1, 0.15) is 0 Å². The Hall–Kier alpha value is -1.89. The van der Waals surface area contributed by atoms with Gasteiger partial charge in [-0.2, -0.15) is 0 Å². The van der Waals surface area contributed by atoms with Crippen LogP contribution in [0.15, 0.2) is 22.8 Å². The van der Waals surface area contributed by atoms with Gasteiger partial charge in [0.1, 0.15) is 5.52 Å². The molecule has 1 amide bonds. The van der Waals surface area contributed by atoms with Crippen LogP contribution in [0, 0.1) is 0 Å². The van der Waals surface area contributed by atoms with Crippen molar-refractivity contribution in [1.29, 1.82) is 0 Å². The molecule has 2 aromatic heterocycles. The molecule has 6 nitrogen and oxygen atoms in total. The van der Waals surface area contributed by atoms with E-state index in [0.29, 0.717) is 27.1 Å². The Bertz CT molecular complexity index is 588. The quantitative estimate of drug-likeness (QED) is 0.889. The molecule has 0 saturated heterocycles. The minimum Gasteiger partial charge on any atom is -0.481 e. The van der Waals surface area contributed by atoms with Gasteiger partial charge in [0, 0.05) is 6.07 Å². The summed E-state index contributed by atoms with van der Waals surface area (Å²) in [7, 11) is 1.51. The molecule has 0 radical (unpaired) electrons. The number of aromatic nitrogens is 2. The molecule has 2 aromatic rings. The number of hydrogen-bond acceptors (Lipinski definition) is 4. The Morgan fingerprint density at radius 2 is 2.29 bits per heavy atom. The third kappa shape index (κ3) is 2.28. The molecule has 0 saturated carbocycles. The molecule has 2 N–H and O–H groups in total. The Balaban J connectivity index is 2.59. The van der Waals surface area contributed by atoms with Gasteiger partial charge in [0.15, 0.2) is 0 Å². The average Bonchev–Trinajstić information content (AvgIpc) is 2.32. The lowest BCUT2D eigenvalue weighted by atomic mass is 10.3. The van der Waals surface area contributed by atoms with Gasteiger partial charge in [-0.25, -0.2) is 9.78 Å². The van der Waals surface area contributed by atoms with Crippen molar-refractivity contribution in [1.82, 2.24) is 9.97 Å². The van der Waals surface area contributed by atoms with E-state index in [1.54, 1.807) is 12.1 Å². The number of rotatable bonds is 2.